The van der Waals surface area contributed by atoms with E-state index in [1.54, 1.807) is 0 Å². The van der Waals surface area contributed by atoms with Gasteiger partial charge in [-0.25, -0.2) is 0 Å². The molecular weight excluding hydrogens is 476 g/mol. The number of aromatic nitrogens is 4. The number of nitrogens with zero attached hydrogens (tertiary/aromatic N) is 6. The highest BCUT2D eigenvalue weighted by atomic mass is 16.5. The van der Waals surface area contributed by atoms with Gasteiger partial charge in [0.2, 0.25) is 0 Å². The average Bonchev–Trinajstić information content (AvgIpc) is 3.55. The zero-order valence-electron chi connectivity index (χ0n) is 22.4. The van der Waals surface area contributed by atoms with Crippen LogP contribution in [-0.4, -0.2) is 76.2 Å². The molecule has 3 saturated heterocycles. The SMILES string of the molecule is Cc1c(-c2cccc3cnn(C)c23)ccc2c(N3CCCOCC3)nc(OCC34CCCN3CCC4)nc12. The number of fused-ring (bicyclic) bond motifs is 3. The molecule has 0 radical (unpaired) electrons. The third-order valence-corrected chi connectivity index (χ3v) is 8.93. The summed E-state index contributed by atoms with van der Waals surface area (Å²) in [6, 6.07) is 11.3. The van der Waals surface area contributed by atoms with Crippen LogP contribution in [0, 0.1) is 6.92 Å². The minimum Gasteiger partial charge on any atom is -0.461 e. The van der Waals surface area contributed by atoms with Gasteiger partial charge in [-0.3, -0.25) is 9.58 Å². The summed E-state index contributed by atoms with van der Waals surface area (Å²) < 4.78 is 14.2. The predicted octanol–water partition coefficient (Wildman–Crippen LogP) is 4.73. The molecule has 8 nitrogen and oxygen atoms in total. The van der Waals surface area contributed by atoms with Crippen LogP contribution in [-0.2, 0) is 11.8 Å². The molecule has 0 aliphatic carbocycles. The Bertz CT molecular complexity index is 1480. The first-order valence-electron chi connectivity index (χ1n) is 14.1. The molecule has 3 aliphatic heterocycles. The van der Waals surface area contributed by atoms with Crippen molar-refractivity contribution >= 4 is 27.6 Å². The van der Waals surface area contributed by atoms with Crippen molar-refractivity contribution in [2.24, 2.45) is 7.05 Å². The van der Waals surface area contributed by atoms with Crippen molar-refractivity contribution in [1.29, 1.82) is 0 Å². The van der Waals surface area contributed by atoms with E-state index in [1.807, 2.05) is 17.9 Å². The van der Waals surface area contributed by atoms with Gasteiger partial charge in [-0.15, -0.1) is 0 Å². The molecule has 0 N–H and O–H groups in total. The fourth-order valence-corrected chi connectivity index (χ4v) is 6.96. The Kier molecular flexibility index (Phi) is 5.97. The summed E-state index contributed by atoms with van der Waals surface area (Å²) in [5, 5.41) is 6.71. The molecule has 2 aromatic heterocycles. The monoisotopic (exact) mass is 512 g/mol. The van der Waals surface area contributed by atoms with Gasteiger partial charge in [-0.2, -0.15) is 15.1 Å². The molecule has 0 bridgehead atoms. The van der Waals surface area contributed by atoms with Crippen molar-refractivity contribution in [1.82, 2.24) is 24.6 Å². The summed E-state index contributed by atoms with van der Waals surface area (Å²) in [5.41, 5.74) is 5.71. The van der Waals surface area contributed by atoms with Crippen molar-refractivity contribution < 1.29 is 9.47 Å². The molecule has 38 heavy (non-hydrogen) atoms. The molecule has 2 aromatic carbocycles. The van der Waals surface area contributed by atoms with Crippen LogP contribution in [0.4, 0.5) is 5.82 Å². The first-order valence-corrected chi connectivity index (χ1v) is 14.1. The Morgan fingerprint density at radius 1 is 0.947 bits per heavy atom. The zero-order chi connectivity index (χ0) is 25.7. The van der Waals surface area contributed by atoms with Crippen molar-refractivity contribution in [3.05, 3.63) is 42.1 Å². The molecule has 198 valence electrons. The second-order valence-corrected chi connectivity index (χ2v) is 11.1. The van der Waals surface area contributed by atoms with Crippen LogP contribution in [0.1, 0.15) is 37.7 Å². The molecule has 0 amide bonds. The van der Waals surface area contributed by atoms with E-state index >= 15 is 0 Å². The molecule has 0 saturated carbocycles. The van der Waals surface area contributed by atoms with Crippen LogP contribution in [0.2, 0.25) is 0 Å². The smallest absolute Gasteiger partial charge is 0.319 e. The minimum absolute atomic E-state index is 0.154. The van der Waals surface area contributed by atoms with Crippen LogP contribution in [0.25, 0.3) is 32.9 Å². The fraction of sp³-hybridized carbons (Fsp3) is 0.500. The summed E-state index contributed by atoms with van der Waals surface area (Å²) in [6.07, 6.45) is 7.83. The van der Waals surface area contributed by atoms with E-state index in [0.717, 1.165) is 64.9 Å². The predicted molar refractivity (Wildman–Crippen MR) is 150 cm³/mol. The molecule has 3 aliphatic rings. The van der Waals surface area contributed by atoms with Crippen LogP contribution in [0.15, 0.2) is 36.5 Å². The van der Waals surface area contributed by atoms with Gasteiger partial charge in [0.15, 0.2) is 0 Å². The zero-order valence-corrected chi connectivity index (χ0v) is 22.4. The second-order valence-electron chi connectivity index (χ2n) is 11.1. The third kappa shape index (κ3) is 3.93. The molecule has 7 rings (SSSR count). The summed E-state index contributed by atoms with van der Waals surface area (Å²) in [7, 11) is 2.00. The van der Waals surface area contributed by atoms with Gasteiger partial charge >= 0.3 is 6.01 Å². The number of hydrogen-bond acceptors (Lipinski definition) is 7. The topological polar surface area (TPSA) is 68.5 Å². The number of aryl methyl sites for hydroxylation is 2. The molecule has 0 unspecified atom stereocenters. The molecule has 5 heterocycles. The minimum atomic E-state index is 0.154. The van der Waals surface area contributed by atoms with Gasteiger partial charge in [0.25, 0.3) is 0 Å². The Hall–Kier alpha value is -3.23. The van der Waals surface area contributed by atoms with Gasteiger partial charge in [-0.05, 0) is 69.3 Å². The van der Waals surface area contributed by atoms with Crippen molar-refractivity contribution in [2.75, 3.05) is 50.9 Å². The number of ether oxygens (including phenoxy) is 2. The van der Waals surface area contributed by atoms with Gasteiger partial charge in [0, 0.05) is 43.1 Å². The van der Waals surface area contributed by atoms with Crippen molar-refractivity contribution in [2.45, 2.75) is 44.6 Å². The molecule has 0 spiro atoms. The van der Waals surface area contributed by atoms with Crippen LogP contribution >= 0.6 is 0 Å². The van der Waals surface area contributed by atoms with Crippen LogP contribution in [0.5, 0.6) is 6.01 Å². The average molecular weight is 513 g/mol. The maximum Gasteiger partial charge on any atom is 0.319 e. The summed E-state index contributed by atoms with van der Waals surface area (Å²) in [6.45, 7) is 8.43. The lowest BCUT2D eigenvalue weighted by molar-refractivity contribution is 0.108. The summed E-state index contributed by atoms with van der Waals surface area (Å²) in [5.74, 6) is 0.955. The van der Waals surface area contributed by atoms with E-state index in [1.165, 1.54) is 44.3 Å². The maximum absolute atomic E-state index is 6.51. The Labute approximate surface area is 223 Å². The highest BCUT2D eigenvalue weighted by Crippen LogP contribution is 2.40. The quantitative estimate of drug-likeness (QED) is 0.383. The highest BCUT2D eigenvalue weighted by molar-refractivity contribution is 6.00. The number of rotatable bonds is 5. The largest absolute Gasteiger partial charge is 0.461 e. The highest BCUT2D eigenvalue weighted by Gasteiger charge is 2.45. The number of hydrogen-bond donors (Lipinski definition) is 0. The number of anilines is 1. The molecule has 0 atom stereocenters. The van der Waals surface area contributed by atoms with E-state index in [-0.39, 0.29) is 5.54 Å². The van der Waals surface area contributed by atoms with E-state index < -0.39 is 0 Å². The summed E-state index contributed by atoms with van der Waals surface area (Å²) in [4.78, 5) is 15.1. The third-order valence-electron chi connectivity index (χ3n) is 8.93. The molecule has 8 heteroatoms. The number of benzene rings is 2. The van der Waals surface area contributed by atoms with Gasteiger partial charge in [-0.1, -0.05) is 24.3 Å². The van der Waals surface area contributed by atoms with Gasteiger partial charge in [0.05, 0.1) is 29.4 Å². The Balaban J connectivity index is 1.34. The summed E-state index contributed by atoms with van der Waals surface area (Å²) >= 11 is 0. The first kappa shape index (κ1) is 23.9. The van der Waals surface area contributed by atoms with Gasteiger partial charge in [0.1, 0.15) is 12.4 Å². The number of para-hydroxylation sites is 1. The van der Waals surface area contributed by atoms with Crippen molar-refractivity contribution in [3.8, 4) is 17.1 Å². The van der Waals surface area contributed by atoms with Crippen molar-refractivity contribution in [3.63, 3.8) is 0 Å². The lowest BCUT2D eigenvalue weighted by Gasteiger charge is -2.31. The standard InChI is InChI=1S/C30H36N6O2/c1-21-23(24-8-3-7-22-19-31-34(2)27(22)24)9-10-25-26(21)32-29(33-28(25)35-13-6-17-37-18-16-35)38-20-30-11-4-14-36(30)15-5-12-30/h3,7-10,19H,4-6,11-18,20H2,1-2H3. The molecule has 3 fully saturated rings. The van der Waals surface area contributed by atoms with Gasteiger partial charge < -0.3 is 14.4 Å². The van der Waals surface area contributed by atoms with E-state index in [9.17, 15) is 0 Å². The van der Waals surface area contributed by atoms with Crippen LogP contribution < -0.4 is 9.64 Å². The normalized spacial score (nSPS) is 19.8. The lowest BCUT2D eigenvalue weighted by atomic mass is 9.95. The van der Waals surface area contributed by atoms with Crippen LogP contribution in [0.3, 0.4) is 0 Å². The lowest BCUT2D eigenvalue weighted by Crippen LogP contribution is -2.43. The fourth-order valence-electron chi connectivity index (χ4n) is 6.96. The Morgan fingerprint density at radius 3 is 2.68 bits per heavy atom. The Morgan fingerprint density at radius 2 is 1.82 bits per heavy atom. The van der Waals surface area contributed by atoms with E-state index in [4.69, 9.17) is 19.4 Å². The molecular formula is C30H36N6O2. The second kappa shape index (κ2) is 9.50. The molecule has 4 aromatic rings. The first-order chi connectivity index (χ1) is 18.6. The maximum atomic E-state index is 6.51. The van der Waals surface area contributed by atoms with E-state index in [0.29, 0.717) is 19.2 Å². The van der Waals surface area contributed by atoms with E-state index in [2.05, 4.69) is 52.2 Å².